The van der Waals surface area contributed by atoms with Crippen LogP contribution in [0.3, 0.4) is 0 Å². The largest absolute Gasteiger partial charge is 0.321 e. The molecule has 7 heteroatoms. The van der Waals surface area contributed by atoms with E-state index in [1.807, 2.05) is 80.6 Å². The van der Waals surface area contributed by atoms with Crippen molar-refractivity contribution in [2.75, 3.05) is 10.2 Å². The van der Waals surface area contributed by atoms with Crippen molar-refractivity contribution in [3.05, 3.63) is 105 Å². The van der Waals surface area contributed by atoms with Crippen LogP contribution in [0.5, 0.6) is 0 Å². The van der Waals surface area contributed by atoms with Crippen LogP contribution in [0.4, 0.5) is 11.4 Å². The molecule has 1 saturated heterocycles. The molecule has 3 aromatic carbocycles. The van der Waals surface area contributed by atoms with Crippen molar-refractivity contribution in [1.29, 1.82) is 5.26 Å². The summed E-state index contributed by atoms with van der Waals surface area (Å²) < 4.78 is 0.961. The van der Waals surface area contributed by atoms with Crippen LogP contribution < -0.4 is 10.2 Å². The highest BCUT2D eigenvalue weighted by Gasteiger charge is 2.40. The molecule has 1 aliphatic rings. The number of aryl methyl sites for hydroxylation is 2. The van der Waals surface area contributed by atoms with Gasteiger partial charge in [-0.05, 0) is 62.2 Å². The van der Waals surface area contributed by atoms with Crippen LogP contribution in [0.15, 0.2) is 87.9 Å². The number of thioether (sulfide) groups is 1. The van der Waals surface area contributed by atoms with Crippen molar-refractivity contribution < 1.29 is 9.59 Å². The van der Waals surface area contributed by atoms with Gasteiger partial charge < -0.3 is 5.32 Å². The van der Waals surface area contributed by atoms with Gasteiger partial charge in [-0.25, -0.2) is 0 Å². The number of anilines is 2. The highest BCUT2D eigenvalue weighted by atomic mass is 79.9. The molecule has 0 saturated carbocycles. The zero-order chi connectivity index (χ0) is 24.2. The zero-order valence-electron chi connectivity index (χ0n) is 18.7. The van der Waals surface area contributed by atoms with Gasteiger partial charge in [0.05, 0.1) is 5.25 Å². The van der Waals surface area contributed by atoms with Crippen LogP contribution in [0.25, 0.3) is 0 Å². The topological polar surface area (TPSA) is 73.2 Å². The summed E-state index contributed by atoms with van der Waals surface area (Å²) in [6, 6.07) is 24.7. The lowest BCUT2D eigenvalue weighted by molar-refractivity contribution is -0.117. The van der Waals surface area contributed by atoms with Gasteiger partial charge in [0.2, 0.25) is 5.91 Å². The van der Waals surface area contributed by atoms with Gasteiger partial charge in [0.15, 0.2) is 0 Å². The van der Waals surface area contributed by atoms with E-state index in [1.54, 1.807) is 12.1 Å². The molecule has 1 aliphatic heterocycles. The molecule has 0 aromatic heterocycles. The Balaban J connectivity index is 1.71. The Morgan fingerprint density at radius 3 is 2.18 bits per heavy atom. The van der Waals surface area contributed by atoms with Gasteiger partial charge in [-0.15, -0.1) is 0 Å². The van der Waals surface area contributed by atoms with Gasteiger partial charge in [-0.3, -0.25) is 14.5 Å². The van der Waals surface area contributed by atoms with Gasteiger partial charge >= 0.3 is 0 Å². The van der Waals surface area contributed by atoms with Crippen molar-refractivity contribution in [3.63, 3.8) is 0 Å². The summed E-state index contributed by atoms with van der Waals surface area (Å²) in [4.78, 5) is 28.1. The van der Waals surface area contributed by atoms with Crippen LogP contribution in [0, 0.1) is 25.2 Å². The lowest BCUT2D eigenvalue weighted by atomic mass is 10.1. The minimum Gasteiger partial charge on any atom is -0.321 e. The molecule has 0 radical (unpaired) electrons. The molecule has 4 rings (SSSR count). The highest BCUT2D eigenvalue weighted by molar-refractivity contribution is 9.10. The maximum absolute atomic E-state index is 13.5. The molecule has 5 nitrogen and oxygen atoms in total. The third kappa shape index (κ3) is 5.24. The van der Waals surface area contributed by atoms with Crippen LogP contribution >= 0.6 is 27.7 Å². The predicted molar refractivity (Wildman–Crippen MR) is 140 cm³/mol. The number of rotatable bonds is 5. The van der Waals surface area contributed by atoms with E-state index in [4.69, 9.17) is 0 Å². The monoisotopic (exact) mass is 531 g/mol. The van der Waals surface area contributed by atoms with E-state index >= 15 is 0 Å². The molecule has 1 heterocycles. The fraction of sp³-hybridized carbons (Fsp3) is 0.148. The molecule has 1 N–H and O–H groups in total. The van der Waals surface area contributed by atoms with Crippen molar-refractivity contribution >= 4 is 50.9 Å². The summed E-state index contributed by atoms with van der Waals surface area (Å²) in [7, 11) is 0. The van der Waals surface area contributed by atoms with Crippen molar-refractivity contribution in [1.82, 2.24) is 0 Å². The first-order valence-corrected chi connectivity index (χ1v) is 12.4. The number of hydrogen-bond acceptors (Lipinski definition) is 4. The van der Waals surface area contributed by atoms with Gasteiger partial charge in [-0.2, -0.15) is 5.26 Å². The molecule has 0 bridgehead atoms. The summed E-state index contributed by atoms with van der Waals surface area (Å²) in [5.41, 5.74) is 4.26. The van der Waals surface area contributed by atoms with Crippen LogP contribution in [0.1, 0.15) is 16.7 Å². The Labute approximate surface area is 211 Å². The first-order valence-electron chi connectivity index (χ1n) is 10.7. The van der Waals surface area contributed by atoms with Gasteiger partial charge in [0.1, 0.15) is 16.7 Å². The van der Waals surface area contributed by atoms with Gasteiger partial charge in [0, 0.05) is 15.8 Å². The Morgan fingerprint density at radius 1 is 1.00 bits per heavy atom. The van der Waals surface area contributed by atoms with Crippen LogP contribution in [0.2, 0.25) is 0 Å². The van der Waals surface area contributed by atoms with E-state index in [2.05, 4.69) is 21.2 Å². The number of carbonyl (C=O) groups is 2. The fourth-order valence-corrected chi connectivity index (χ4v) is 5.15. The van der Waals surface area contributed by atoms with Gasteiger partial charge in [-0.1, -0.05) is 75.2 Å². The molecular formula is C27H22BrN3O2S. The van der Waals surface area contributed by atoms with E-state index in [0.29, 0.717) is 22.8 Å². The zero-order valence-corrected chi connectivity index (χ0v) is 21.1. The summed E-state index contributed by atoms with van der Waals surface area (Å²) in [6.07, 6.45) is 0.487. The summed E-state index contributed by atoms with van der Waals surface area (Å²) in [5.74, 6) is -0.689. The average molecular weight is 532 g/mol. The van der Waals surface area contributed by atoms with Crippen LogP contribution in [-0.2, 0) is 16.0 Å². The standard InChI is InChI=1S/C27H22BrN3O2S/c1-17-3-11-21(12-4-17)30-25(32)23(16-29)27-31(22-13-5-18(2)6-14-22)26(33)24(34-27)15-19-7-9-20(28)10-8-19/h3-14,24H,15H2,1-2H3,(H,30,32)/b27-23-/t24-/m0/s1. The van der Waals surface area contributed by atoms with E-state index in [0.717, 1.165) is 21.2 Å². The number of benzene rings is 3. The Hall–Kier alpha value is -3.34. The van der Waals surface area contributed by atoms with E-state index < -0.39 is 11.2 Å². The second-order valence-electron chi connectivity index (χ2n) is 8.06. The Kier molecular flexibility index (Phi) is 7.20. The number of nitrogens with zero attached hydrogens (tertiary/aromatic N) is 2. The van der Waals surface area contributed by atoms with Crippen molar-refractivity contribution in [3.8, 4) is 6.07 Å². The average Bonchev–Trinajstić information content (AvgIpc) is 3.13. The molecule has 2 amide bonds. The number of amides is 2. The van der Waals surface area contributed by atoms with Crippen molar-refractivity contribution in [2.24, 2.45) is 0 Å². The second-order valence-corrected chi connectivity index (χ2v) is 10.2. The maximum Gasteiger partial charge on any atom is 0.269 e. The molecule has 1 fully saturated rings. The number of halogens is 1. The maximum atomic E-state index is 13.5. The Bertz CT molecular complexity index is 1290. The van der Waals surface area contributed by atoms with Gasteiger partial charge in [0.25, 0.3) is 5.91 Å². The third-order valence-corrected chi connectivity index (χ3v) is 7.23. The highest BCUT2D eigenvalue weighted by Crippen LogP contribution is 2.42. The summed E-state index contributed by atoms with van der Waals surface area (Å²) >= 11 is 4.69. The van der Waals surface area contributed by atoms with E-state index in [-0.39, 0.29) is 11.5 Å². The molecule has 0 spiro atoms. The lowest BCUT2D eigenvalue weighted by Gasteiger charge is -2.19. The third-order valence-electron chi connectivity index (χ3n) is 5.44. The van der Waals surface area contributed by atoms with Crippen molar-refractivity contribution in [2.45, 2.75) is 25.5 Å². The number of nitrogens with one attached hydrogen (secondary N) is 1. The van der Waals surface area contributed by atoms with Crippen LogP contribution in [-0.4, -0.2) is 17.1 Å². The van der Waals surface area contributed by atoms with E-state index in [9.17, 15) is 14.9 Å². The summed E-state index contributed by atoms with van der Waals surface area (Å²) in [6.45, 7) is 3.92. The minimum absolute atomic E-state index is 0.0854. The first-order chi connectivity index (χ1) is 16.4. The quantitative estimate of drug-likeness (QED) is 0.317. The lowest BCUT2D eigenvalue weighted by Crippen LogP contribution is -2.30. The molecule has 1 atom stereocenters. The number of hydrogen-bond donors (Lipinski definition) is 1. The molecule has 170 valence electrons. The molecule has 34 heavy (non-hydrogen) atoms. The predicted octanol–water partition coefficient (Wildman–Crippen LogP) is 6.13. The number of carbonyl (C=O) groups excluding carboxylic acids is 2. The fourth-order valence-electron chi connectivity index (χ4n) is 3.58. The number of nitriles is 1. The Morgan fingerprint density at radius 2 is 1.59 bits per heavy atom. The normalized spacial score (nSPS) is 16.8. The molecule has 0 aliphatic carbocycles. The SMILES string of the molecule is Cc1ccc(NC(=O)/C(C#N)=C2\S[C@@H](Cc3ccc(Br)cc3)C(=O)N2c2ccc(C)cc2)cc1. The second kappa shape index (κ2) is 10.3. The smallest absolute Gasteiger partial charge is 0.269 e. The molecule has 0 unspecified atom stereocenters. The first kappa shape index (κ1) is 23.8. The molecule has 3 aromatic rings. The van der Waals surface area contributed by atoms with E-state index in [1.165, 1.54) is 16.7 Å². The molecular weight excluding hydrogens is 510 g/mol. The minimum atomic E-state index is -0.539. The summed E-state index contributed by atoms with van der Waals surface area (Å²) in [5, 5.41) is 12.6.